The van der Waals surface area contributed by atoms with Gasteiger partial charge in [0.1, 0.15) is 0 Å². The van der Waals surface area contributed by atoms with Crippen molar-refractivity contribution in [3.05, 3.63) is 27.9 Å². The number of aliphatic hydroxyl groups is 1. The summed E-state index contributed by atoms with van der Waals surface area (Å²) in [6.07, 6.45) is 1.21. The molecule has 0 spiro atoms. The lowest BCUT2D eigenvalue weighted by atomic mass is 10.1. The molecule has 1 unspecified atom stereocenters. The van der Waals surface area contributed by atoms with Crippen LogP contribution >= 0.6 is 0 Å². The van der Waals surface area contributed by atoms with Crippen LogP contribution in [0.15, 0.2) is 11.1 Å². The first-order chi connectivity index (χ1) is 5.61. The number of hydrogen-bond acceptors (Lipinski definition) is 3. The molecule has 0 aliphatic heterocycles. The van der Waals surface area contributed by atoms with Crippen molar-refractivity contribution in [1.29, 1.82) is 0 Å². The van der Waals surface area contributed by atoms with Crippen LogP contribution in [0.25, 0.3) is 0 Å². The van der Waals surface area contributed by atoms with Crippen molar-refractivity contribution in [2.75, 3.05) is 0 Å². The number of nitrogens with zero attached hydrogens (tertiary/aromatic N) is 1. The average molecular weight is 168 g/mol. The second-order valence-corrected chi connectivity index (χ2v) is 2.85. The predicted molar refractivity (Wildman–Crippen MR) is 45.0 cm³/mol. The van der Waals surface area contributed by atoms with E-state index >= 15 is 0 Å². The van der Waals surface area contributed by atoms with Gasteiger partial charge in [-0.25, -0.2) is 4.98 Å². The summed E-state index contributed by atoms with van der Waals surface area (Å²) in [5.74, 6) is 0. The fraction of sp³-hybridized carbons (Fsp3) is 0.500. The van der Waals surface area contributed by atoms with Crippen LogP contribution in [0.2, 0.25) is 0 Å². The van der Waals surface area contributed by atoms with Gasteiger partial charge in [-0.2, -0.15) is 0 Å². The summed E-state index contributed by atoms with van der Waals surface area (Å²) in [6, 6.07) is 0. The molecule has 0 aliphatic carbocycles. The van der Waals surface area contributed by atoms with Gasteiger partial charge in [-0.3, -0.25) is 4.79 Å². The highest BCUT2D eigenvalue weighted by Crippen LogP contribution is 2.00. The monoisotopic (exact) mass is 168 g/mol. The van der Waals surface area contributed by atoms with Crippen LogP contribution in [-0.2, 0) is 6.42 Å². The Morgan fingerprint density at radius 3 is 2.92 bits per heavy atom. The molecule has 1 rings (SSSR count). The van der Waals surface area contributed by atoms with E-state index in [0.29, 0.717) is 17.7 Å². The van der Waals surface area contributed by atoms with Gasteiger partial charge in [-0.15, -0.1) is 0 Å². The Kier molecular flexibility index (Phi) is 2.60. The predicted octanol–water partition coefficient (Wildman–Crippen LogP) is 0.00162. The number of aryl methyl sites for hydroxylation is 1. The van der Waals surface area contributed by atoms with Gasteiger partial charge in [-0.1, -0.05) is 0 Å². The van der Waals surface area contributed by atoms with Crippen molar-refractivity contribution in [3.63, 3.8) is 0 Å². The van der Waals surface area contributed by atoms with Crippen molar-refractivity contribution >= 4 is 0 Å². The maximum Gasteiger partial charge on any atom is 0.254 e. The Morgan fingerprint density at radius 1 is 1.75 bits per heavy atom. The SMILES string of the molecule is Cc1nc[nH]c(=O)c1CC(C)O. The van der Waals surface area contributed by atoms with Crippen LogP contribution in [0.4, 0.5) is 0 Å². The van der Waals surface area contributed by atoms with Crippen LogP contribution in [0.1, 0.15) is 18.2 Å². The smallest absolute Gasteiger partial charge is 0.254 e. The van der Waals surface area contributed by atoms with Crippen molar-refractivity contribution in [2.24, 2.45) is 0 Å². The quantitative estimate of drug-likeness (QED) is 0.653. The molecule has 1 atom stereocenters. The summed E-state index contributed by atoms with van der Waals surface area (Å²) in [7, 11) is 0. The second kappa shape index (κ2) is 3.49. The van der Waals surface area contributed by atoms with E-state index in [4.69, 9.17) is 5.11 Å². The molecular weight excluding hydrogens is 156 g/mol. The number of H-pyrrole nitrogens is 1. The maximum atomic E-state index is 11.2. The minimum Gasteiger partial charge on any atom is -0.393 e. The molecule has 1 aromatic rings. The highest BCUT2D eigenvalue weighted by atomic mass is 16.3. The standard InChI is InChI=1S/C8H12N2O2/c1-5(11)3-7-6(2)9-4-10-8(7)12/h4-5,11H,3H2,1-2H3,(H,9,10,12). The van der Waals surface area contributed by atoms with Gasteiger partial charge < -0.3 is 10.1 Å². The van der Waals surface area contributed by atoms with Gasteiger partial charge in [0.15, 0.2) is 0 Å². The van der Waals surface area contributed by atoms with Crippen LogP contribution in [0.5, 0.6) is 0 Å². The Morgan fingerprint density at radius 2 is 2.42 bits per heavy atom. The molecule has 4 nitrogen and oxygen atoms in total. The molecule has 0 radical (unpaired) electrons. The molecule has 0 fully saturated rings. The maximum absolute atomic E-state index is 11.2. The van der Waals surface area contributed by atoms with E-state index in [-0.39, 0.29) is 5.56 Å². The Balaban J connectivity index is 3.05. The molecule has 0 aliphatic rings. The molecule has 1 aromatic heterocycles. The van der Waals surface area contributed by atoms with Gasteiger partial charge in [-0.05, 0) is 13.8 Å². The van der Waals surface area contributed by atoms with Crippen LogP contribution in [0, 0.1) is 6.92 Å². The molecule has 12 heavy (non-hydrogen) atoms. The number of rotatable bonds is 2. The number of hydrogen-bond donors (Lipinski definition) is 2. The molecule has 0 saturated carbocycles. The lowest BCUT2D eigenvalue weighted by Gasteiger charge is -2.04. The third-order valence-corrected chi connectivity index (χ3v) is 1.66. The summed E-state index contributed by atoms with van der Waals surface area (Å²) in [5.41, 5.74) is 1.08. The Labute approximate surface area is 70.3 Å². The van der Waals surface area contributed by atoms with E-state index in [0.717, 1.165) is 0 Å². The van der Waals surface area contributed by atoms with E-state index in [1.807, 2.05) is 0 Å². The summed E-state index contributed by atoms with van der Waals surface area (Å²) >= 11 is 0. The van der Waals surface area contributed by atoms with Crippen molar-refractivity contribution < 1.29 is 5.11 Å². The third-order valence-electron chi connectivity index (χ3n) is 1.66. The molecule has 66 valence electrons. The van der Waals surface area contributed by atoms with Crippen molar-refractivity contribution in [3.8, 4) is 0 Å². The largest absolute Gasteiger partial charge is 0.393 e. The summed E-state index contributed by atoms with van der Waals surface area (Å²) < 4.78 is 0. The first-order valence-corrected chi connectivity index (χ1v) is 3.82. The van der Waals surface area contributed by atoms with Crippen molar-refractivity contribution in [2.45, 2.75) is 26.4 Å². The van der Waals surface area contributed by atoms with E-state index in [1.165, 1.54) is 6.33 Å². The fourth-order valence-corrected chi connectivity index (χ4v) is 1.05. The molecule has 0 amide bonds. The minimum absolute atomic E-state index is 0.164. The van der Waals surface area contributed by atoms with Gasteiger partial charge in [0.2, 0.25) is 0 Å². The number of aliphatic hydroxyl groups excluding tert-OH is 1. The van der Waals surface area contributed by atoms with Gasteiger partial charge in [0.25, 0.3) is 5.56 Å². The highest BCUT2D eigenvalue weighted by molar-refractivity contribution is 5.15. The van der Waals surface area contributed by atoms with E-state index < -0.39 is 6.10 Å². The zero-order chi connectivity index (χ0) is 9.14. The zero-order valence-corrected chi connectivity index (χ0v) is 7.16. The Bertz CT molecular complexity index is 317. The number of nitrogens with one attached hydrogen (secondary N) is 1. The van der Waals surface area contributed by atoms with Crippen molar-refractivity contribution in [1.82, 2.24) is 9.97 Å². The number of aromatic amines is 1. The first-order valence-electron chi connectivity index (χ1n) is 3.82. The van der Waals surface area contributed by atoms with Crippen LogP contribution in [-0.4, -0.2) is 21.2 Å². The summed E-state index contributed by atoms with van der Waals surface area (Å²) in [5, 5.41) is 9.07. The highest BCUT2D eigenvalue weighted by Gasteiger charge is 2.06. The molecular formula is C8H12N2O2. The van der Waals surface area contributed by atoms with E-state index in [9.17, 15) is 4.79 Å². The van der Waals surface area contributed by atoms with Crippen LogP contribution in [0.3, 0.4) is 0 Å². The molecule has 0 saturated heterocycles. The van der Waals surface area contributed by atoms with E-state index in [1.54, 1.807) is 13.8 Å². The lowest BCUT2D eigenvalue weighted by molar-refractivity contribution is 0.194. The van der Waals surface area contributed by atoms with Gasteiger partial charge in [0.05, 0.1) is 12.4 Å². The first kappa shape index (κ1) is 8.93. The zero-order valence-electron chi connectivity index (χ0n) is 7.16. The van der Waals surface area contributed by atoms with Crippen LogP contribution < -0.4 is 5.56 Å². The van der Waals surface area contributed by atoms with Gasteiger partial charge in [0, 0.05) is 17.7 Å². The molecule has 1 heterocycles. The average Bonchev–Trinajstić information content (AvgIpc) is 1.97. The van der Waals surface area contributed by atoms with Gasteiger partial charge >= 0.3 is 0 Å². The molecule has 2 N–H and O–H groups in total. The number of aromatic nitrogens is 2. The molecule has 0 bridgehead atoms. The minimum atomic E-state index is -0.506. The summed E-state index contributed by atoms with van der Waals surface area (Å²) in [6.45, 7) is 3.40. The normalized spacial score (nSPS) is 12.9. The second-order valence-electron chi connectivity index (χ2n) is 2.85. The summed E-state index contributed by atoms with van der Waals surface area (Å²) in [4.78, 5) is 17.6. The topological polar surface area (TPSA) is 66.0 Å². The Hall–Kier alpha value is -1.16. The molecule has 0 aromatic carbocycles. The lowest BCUT2D eigenvalue weighted by Crippen LogP contribution is -2.19. The third kappa shape index (κ3) is 1.92. The fourth-order valence-electron chi connectivity index (χ4n) is 1.05. The molecule has 4 heteroatoms. The van der Waals surface area contributed by atoms with E-state index in [2.05, 4.69) is 9.97 Å².